The molecule has 2 aromatic heterocycles. The molecule has 2 heterocycles. The molecule has 0 aliphatic heterocycles. The molecule has 3 N–H and O–H groups in total. The second-order valence-corrected chi connectivity index (χ2v) is 35.8. The van der Waals surface area contributed by atoms with Crippen LogP contribution in [0.1, 0.15) is 154 Å². The van der Waals surface area contributed by atoms with Crippen LogP contribution in [0.2, 0.25) is 0 Å². The van der Waals surface area contributed by atoms with Crippen molar-refractivity contribution in [2.45, 2.75) is 156 Å². The zero-order valence-corrected chi connectivity index (χ0v) is 46.9. The van der Waals surface area contributed by atoms with Crippen molar-refractivity contribution >= 4 is 172 Å². The summed E-state index contributed by atoms with van der Waals surface area (Å²) in [5.41, 5.74) is 8.93. The van der Waals surface area contributed by atoms with Crippen molar-refractivity contribution in [2.75, 3.05) is 11.1 Å². The lowest BCUT2D eigenvalue weighted by Crippen LogP contribution is -2.11. The average molecular weight is 1100 g/mol. The summed E-state index contributed by atoms with van der Waals surface area (Å²) in [4.78, 5) is 30.3. The monoisotopic (exact) mass is 1100 g/mol. The largest absolute Gasteiger partial charge is 0.399 e. The molecule has 334 valence electrons. The number of unbranched alkanes of at least 4 members (excludes halogenated alkanes) is 16. The Morgan fingerprint density at radius 1 is 0.569 bits per heavy atom. The smallest absolute Gasteiger partial charge is 0.224 e. The fourth-order valence-electron chi connectivity index (χ4n) is 4.71. The van der Waals surface area contributed by atoms with Gasteiger partial charge in [0.15, 0.2) is 0 Å². The van der Waals surface area contributed by atoms with Crippen LogP contribution < -0.4 is 11.1 Å². The second-order valence-electron chi connectivity index (χ2n) is 12.4. The van der Waals surface area contributed by atoms with Gasteiger partial charge < -0.3 is 11.1 Å². The van der Waals surface area contributed by atoms with Crippen molar-refractivity contribution in [2.24, 2.45) is 0 Å². The van der Waals surface area contributed by atoms with Gasteiger partial charge in [-0.15, -0.1) is 0 Å². The van der Waals surface area contributed by atoms with Gasteiger partial charge in [-0.05, 0) is 62.6 Å². The minimum absolute atomic E-state index is 0.114. The van der Waals surface area contributed by atoms with Crippen LogP contribution in [-0.4, -0.2) is 21.1 Å². The highest BCUT2D eigenvalue weighted by molar-refractivity contribution is 8.76. The number of hydrogen-bond donors (Lipinski definition) is 2. The normalized spacial score (nSPS) is 9.47. The summed E-state index contributed by atoms with van der Waals surface area (Å²) in [6.07, 6.45) is 27.6. The predicted octanol–water partition coefficient (Wildman–Crippen LogP) is 10.9. The van der Waals surface area contributed by atoms with E-state index in [9.17, 15) is 9.59 Å². The van der Waals surface area contributed by atoms with E-state index in [0.29, 0.717) is 12.8 Å². The fraction of sp³-hybridized carbons (Fsp3) is 0.667. The van der Waals surface area contributed by atoms with Crippen molar-refractivity contribution in [3.8, 4) is 0 Å². The Bertz CT molecular complexity index is 1900. The number of carbonyl (C=O) groups is 2. The maximum atomic E-state index is 11.8. The van der Waals surface area contributed by atoms with Crippen molar-refractivity contribution in [1.29, 1.82) is 0 Å². The fourth-order valence-corrected chi connectivity index (χ4v) is 35.0. The first-order valence-corrected chi connectivity index (χ1v) is 38.2. The van der Waals surface area contributed by atoms with Crippen LogP contribution in [0.4, 0.5) is 11.4 Å². The summed E-state index contributed by atoms with van der Waals surface area (Å²) in [6, 6.07) is 7.34. The molecule has 2 aromatic rings. The van der Waals surface area contributed by atoms with E-state index in [1.165, 1.54) is 108 Å². The maximum Gasteiger partial charge on any atom is 0.224 e. The average Bonchev–Trinajstić information content (AvgIpc) is 3.19. The highest BCUT2D eigenvalue weighted by atomic mass is 35.5. The van der Waals surface area contributed by atoms with Crippen LogP contribution in [0.15, 0.2) is 36.7 Å². The number of amides is 1. The topological polar surface area (TPSA) is 98.0 Å². The van der Waals surface area contributed by atoms with E-state index in [4.69, 9.17) is 39.7 Å². The molecule has 0 unspecified atom stereocenters. The van der Waals surface area contributed by atoms with E-state index in [0.717, 1.165) is 48.4 Å². The Balaban J connectivity index is 0. The summed E-state index contributed by atoms with van der Waals surface area (Å²) < 4.78 is 0. The number of nitrogens with zero attached hydrogens (tertiary/aromatic N) is 2. The Hall–Kier alpha value is 0.830. The lowest BCUT2D eigenvalue weighted by atomic mass is 10.1. The molecule has 0 atom stereocenters. The van der Waals surface area contributed by atoms with E-state index in [1.807, 2.05) is 32.0 Å². The van der Waals surface area contributed by atoms with E-state index in [1.54, 1.807) is 116 Å². The van der Waals surface area contributed by atoms with Gasteiger partial charge in [0.05, 0.1) is 0 Å². The number of anilines is 2. The van der Waals surface area contributed by atoms with Crippen molar-refractivity contribution in [3.05, 3.63) is 48.0 Å². The van der Waals surface area contributed by atoms with Crippen LogP contribution in [0.25, 0.3) is 0 Å². The summed E-state index contributed by atoms with van der Waals surface area (Å²) in [5, 5.41) is 2.74. The van der Waals surface area contributed by atoms with Gasteiger partial charge in [-0.25, -0.2) is 0 Å². The Morgan fingerprint density at radius 3 is 1.28 bits per heavy atom. The number of rotatable bonds is 21. The third kappa shape index (κ3) is 51.2. The third-order valence-corrected chi connectivity index (χ3v) is 34.3. The first-order valence-electron chi connectivity index (χ1n) is 19.2. The summed E-state index contributed by atoms with van der Waals surface area (Å²) in [5.74, 6) is 0.114. The molecular weight excluding hydrogens is 1040 g/mol. The molecule has 0 bridgehead atoms. The van der Waals surface area contributed by atoms with Gasteiger partial charge in [-0.3, -0.25) is 19.6 Å². The van der Waals surface area contributed by atoms with Crippen LogP contribution in [0.5, 0.6) is 0 Å². The van der Waals surface area contributed by atoms with Gasteiger partial charge >= 0.3 is 0 Å². The molecule has 0 saturated carbocycles. The number of aromatic nitrogens is 2. The van der Waals surface area contributed by atoms with E-state index >= 15 is 0 Å². The molecule has 0 aliphatic carbocycles. The van der Waals surface area contributed by atoms with Crippen molar-refractivity contribution in [3.63, 3.8) is 0 Å². The molecule has 2 rings (SSSR count). The van der Waals surface area contributed by atoms with Crippen molar-refractivity contribution in [1.82, 2.24) is 9.97 Å². The molecule has 0 radical (unpaired) electrons. The van der Waals surface area contributed by atoms with Crippen LogP contribution in [0.3, 0.4) is 0 Å². The standard InChI is InChI=1S/C18H30N2O.C12H23ClO.C6H8N2.S15/c1-3-4-5-6-7-8-9-10-11-12-18(21)20-17-13-14-19-16(2)15-17;1-2-3-4-5-6-7-8-9-10-11-12(13)14;1-5-4-6(7)2-3-8-5;1-3-5-7-9-11-13-15-14-12-10-8-6-4-2/h13-15H,3-12H2,1-2H3,(H,19,20,21);2-11H2,1H3;2-4H,1H3,(H2,7,8);. The number of nitrogens with one attached hydrogen (secondary N) is 1. The molecule has 0 aromatic carbocycles. The lowest BCUT2D eigenvalue weighted by molar-refractivity contribution is -0.116. The number of carbonyl (C=O) groups excluding carboxylic acids is 2. The molecular formula is C36H61ClN4O2S15. The zero-order chi connectivity index (χ0) is 43.2. The van der Waals surface area contributed by atoms with Gasteiger partial charge in [-0.1, -0.05) is 117 Å². The van der Waals surface area contributed by atoms with Gasteiger partial charge in [0, 0.05) is 186 Å². The quantitative estimate of drug-likeness (QED) is 0.0949. The maximum absolute atomic E-state index is 11.8. The Morgan fingerprint density at radius 2 is 0.931 bits per heavy atom. The van der Waals surface area contributed by atoms with E-state index in [-0.39, 0.29) is 11.1 Å². The zero-order valence-electron chi connectivity index (χ0n) is 33.9. The molecule has 0 aliphatic rings. The number of aryl methyl sites for hydroxylation is 2. The molecule has 0 spiro atoms. The predicted molar refractivity (Wildman–Crippen MR) is 296 cm³/mol. The van der Waals surface area contributed by atoms with Gasteiger partial charge in [0.1, 0.15) is 0 Å². The summed E-state index contributed by atoms with van der Waals surface area (Å²) in [7, 11) is 21.7. The van der Waals surface area contributed by atoms with Crippen LogP contribution in [-0.2, 0) is 147 Å². The summed E-state index contributed by atoms with van der Waals surface area (Å²) in [6.45, 7) is 8.33. The molecule has 58 heavy (non-hydrogen) atoms. The third-order valence-electron chi connectivity index (χ3n) is 7.42. The number of halogens is 1. The van der Waals surface area contributed by atoms with Crippen LogP contribution in [0, 0.1) is 13.8 Å². The van der Waals surface area contributed by atoms with Crippen LogP contribution >= 0.6 is 11.6 Å². The van der Waals surface area contributed by atoms with E-state index in [2.05, 4.69) is 29.1 Å². The van der Waals surface area contributed by atoms with Crippen molar-refractivity contribution < 1.29 is 9.59 Å². The number of nitrogens with two attached hydrogens (primary N) is 1. The Kier molecular flexibility index (Phi) is 53.0. The lowest BCUT2D eigenvalue weighted by Gasteiger charge is -2.05. The van der Waals surface area contributed by atoms with E-state index < -0.39 is 0 Å². The number of nitrogen functional groups attached to an aromatic ring is 1. The minimum Gasteiger partial charge on any atom is -0.399 e. The van der Waals surface area contributed by atoms with Gasteiger partial charge in [-0.2, -0.15) is 0 Å². The molecule has 0 saturated heterocycles. The number of hydrogen-bond acceptors (Lipinski definition) is 7. The SMILES string of the molecule is CCCCCCCCCCCC(=O)Cl.CCCCCCCCCCCC(=O)Nc1ccnc(C)c1.Cc1cc(N)ccn1.S=S=S=S=S=S=S=S=S=S=S=S=S=S=S. The first-order chi connectivity index (χ1) is 28.2. The first kappa shape index (κ1) is 60.9. The minimum atomic E-state index is -0.187. The van der Waals surface area contributed by atoms with Gasteiger partial charge in [0.2, 0.25) is 11.1 Å². The van der Waals surface area contributed by atoms with Gasteiger partial charge in [0.25, 0.3) is 0 Å². The molecule has 0 fully saturated rings. The second kappa shape index (κ2) is 50.5. The molecule has 22 heteroatoms. The highest BCUT2D eigenvalue weighted by Crippen LogP contribution is 2.13. The Labute approximate surface area is 401 Å². The molecule has 1 amide bonds. The highest BCUT2D eigenvalue weighted by Gasteiger charge is 2.02. The summed E-state index contributed by atoms with van der Waals surface area (Å²) >= 11 is 14.7. The molecule has 6 nitrogen and oxygen atoms in total. The number of pyridine rings is 2.